The van der Waals surface area contributed by atoms with E-state index in [0.717, 1.165) is 16.9 Å². The third kappa shape index (κ3) is 2.05. The lowest BCUT2D eigenvalue weighted by Crippen LogP contribution is -2.56. The van der Waals surface area contributed by atoms with Crippen LogP contribution in [0.5, 0.6) is 0 Å². The van der Waals surface area contributed by atoms with E-state index in [4.69, 9.17) is 11.5 Å². The fourth-order valence-electron chi connectivity index (χ4n) is 2.47. The minimum atomic E-state index is -0.660. The summed E-state index contributed by atoms with van der Waals surface area (Å²) in [5.41, 5.74) is 14.9. The first-order chi connectivity index (χ1) is 9.20. The van der Waals surface area contributed by atoms with Gasteiger partial charge in [0.1, 0.15) is 0 Å². The average molecular weight is 252 g/mol. The second kappa shape index (κ2) is 4.57. The van der Waals surface area contributed by atoms with Crippen molar-refractivity contribution in [3.8, 4) is 0 Å². The van der Waals surface area contributed by atoms with Crippen LogP contribution in [0.3, 0.4) is 0 Å². The normalized spacial score (nSPS) is 25.1. The Labute approximate surface area is 112 Å². The van der Waals surface area contributed by atoms with Crippen LogP contribution in [0.2, 0.25) is 0 Å². The maximum atomic E-state index is 6.59. The molecule has 0 spiro atoms. The molecule has 0 fully saturated rings. The minimum Gasteiger partial charge on any atom is -0.321 e. The van der Waals surface area contributed by atoms with Crippen molar-refractivity contribution in [2.75, 3.05) is 0 Å². The molecule has 1 aromatic heterocycles. The van der Waals surface area contributed by atoms with Gasteiger partial charge in [-0.3, -0.25) is 9.98 Å². The van der Waals surface area contributed by atoms with Gasteiger partial charge < -0.3 is 11.5 Å². The number of fused-ring (bicyclic) bond motifs is 1. The van der Waals surface area contributed by atoms with Crippen LogP contribution in [0.15, 0.2) is 53.7 Å². The lowest BCUT2D eigenvalue weighted by Gasteiger charge is -2.37. The number of hydrogen-bond donors (Lipinski definition) is 2. The summed E-state index contributed by atoms with van der Waals surface area (Å²) in [6.45, 7) is 0. The molecule has 0 saturated heterocycles. The quantitative estimate of drug-likeness (QED) is 0.850. The van der Waals surface area contributed by atoms with Crippen LogP contribution in [0, 0.1) is 0 Å². The van der Waals surface area contributed by atoms with E-state index in [2.05, 4.69) is 9.98 Å². The predicted octanol–water partition coefficient (Wildman–Crippen LogP) is 1.52. The lowest BCUT2D eigenvalue weighted by atomic mass is 9.78. The van der Waals surface area contributed by atoms with Gasteiger partial charge in [-0.15, -0.1) is 0 Å². The van der Waals surface area contributed by atoms with Crippen LogP contribution >= 0.6 is 0 Å². The topological polar surface area (TPSA) is 77.3 Å². The number of aliphatic imine (C=N–C) groups is 1. The Hall–Kier alpha value is -2.04. The highest BCUT2D eigenvalue weighted by Crippen LogP contribution is 2.35. The zero-order valence-corrected chi connectivity index (χ0v) is 10.5. The number of pyridine rings is 1. The molecule has 2 heterocycles. The molecule has 1 aliphatic rings. The van der Waals surface area contributed by atoms with Gasteiger partial charge in [0.2, 0.25) is 0 Å². The van der Waals surface area contributed by atoms with Crippen LogP contribution in [0.1, 0.15) is 11.3 Å². The molecular formula is C15H16N4. The number of benzene rings is 1. The SMILES string of the molecule is NC1C=Nc2ccccc2C1(N)Cc1ccccn1. The zero-order chi connectivity index (χ0) is 13.3. The first-order valence-corrected chi connectivity index (χ1v) is 6.28. The van der Waals surface area contributed by atoms with Crippen molar-refractivity contribution < 1.29 is 0 Å². The summed E-state index contributed by atoms with van der Waals surface area (Å²) >= 11 is 0. The summed E-state index contributed by atoms with van der Waals surface area (Å²) in [4.78, 5) is 8.71. The van der Waals surface area contributed by atoms with Gasteiger partial charge in [0, 0.05) is 24.5 Å². The average Bonchev–Trinajstić information content (AvgIpc) is 2.45. The van der Waals surface area contributed by atoms with E-state index in [-0.39, 0.29) is 6.04 Å². The number of nitrogens with zero attached hydrogens (tertiary/aromatic N) is 2. The monoisotopic (exact) mass is 252 g/mol. The zero-order valence-electron chi connectivity index (χ0n) is 10.5. The molecule has 0 bridgehead atoms. The number of hydrogen-bond acceptors (Lipinski definition) is 4. The van der Waals surface area contributed by atoms with E-state index >= 15 is 0 Å². The van der Waals surface area contributed by atoms with Crippen LogP contribution in [0.25, 0.3) is 0 Å². The molecule has 19 heavy (non-hydrogen) atoms. The highest BCUT2D eigenvalue weighted by atomic mass is 14.9. The van der Waals surface area contributed by atoms with Crippen molar-refractivity contribution in [2.24, 2.45) is 16.5 Å². The lowest BCUT2D eigenvalue weighted by molar-refractivity contribution is 0.406. The third-order valence-electron chi connectivity index (χ3n) is 3.57. The molecule has 1 aromatic carbocycles. The largest absolute Gasteiger partial charge is 0.321 e. The summed E-state index contributed by atoms with van der Waals surface area (Å²) in [5.74, 6) is 0. The highest BCUT2D eigenvalue weighted by Gasteiger charge is 2.38. The minimum absolute atomic E-state index is 0.315. The maximum Gasteiger partial charge on any atom is 0.0691 e. The summed E-state index contributed by atoms with van der Waals surface area (Å²) < 4.78 is 0. The van der Waals surface area contributed by atoms with Gasteiger partial charge in [-0.2, -0.15) is 0 Å². The fraction of sp³-hybridized carbons (Fsp3) is 0.200. The van der Waals surface area contributed by atoms with Gasteiger partial charge in [0.25, 0.3) is 0 Å². The second-order valence-corrected chi connectivity index (χ2v) is 4.86. The van der Waals surface area contributed by atoms with E-state index in [1.165, 1.54) is 0 Å². The Kier molecular flexibility index (Phi) is 2.89. The van der Waals surface area contributed by atoms with Gasteiger partial charge in [-0.1, -0.05) is 24.3 Å². The molecule has 3 rings (SSSR count). The molecular weight excluding hydrogens is 236 g/mol. The van der Waals surface area contributed by atoms with E-state index < -0.39 is 5.54 Å². The molecule has 4 N–H and O–H groups in total. The van der Waals surface area contributed by atoms with Crippen molar-refractivity contribution >= 4 is 11.9 Å². The van der Waals surface area contributed by atoms with Gasteiger partial charge >= 0.3 is 0 Å². The number of para-hydroxylation sites is 1. The molecule has 2 unspecified atom stereocenters. The van der Waals surface area contributed by atoms with Gasteiger partial charge in [0.05, 0.1) is 17.3 Å². The molecule has 2 atom stereocenters. The molecule has 1 aliphatic heterocycles. The molecule has 0 aliphatic carbocycles. The van der Waals surface area contributed by atoms with Gasteiger partial charge in [-0.05, 0) is 23.8 Å². The number of aromatic nitrogens is 1. The van der Waals surface area contributed by atoms with Crippen LogP contribution < -0.4 is 11.5 Å². The highest BCUT2D eigenvalue weighted by molar-refractivity contribution is 5.77. The summed E-state index contributed by atoms with van der Waals surface area (Å²) in [6, 6.07) is 13.4. The molecule has 2 aromatic rings. The number of nitrogens with two attached hydrogens (primary N) is 2. The van der Waals surface area contributed by atoms with Crippen LogP contribution in [-0.2, 0) is 12.0 Å². The molecule has 4 heteroatoms. The third-order valence-corrected chi connectivity index (χ3v) is 3.57. The molecule has 0 amide bonds. The predicted molar refractivity (Wildman–Crippen MR) is 76.4 cm³/mol. The molecule has 96 valence electrons. The van der Waals surface area contributed by atoms with E-state index in [1.54, 1.807) is 12.4 Å². The van der Waals surface area contributed by atoms with E-state index in [0.29, 0.717) is 6.42 Å². The van der Waals surface area contributed by atoms with Crippen molar-refractivity contribution in [1.82, 2.24) is 4.98 Å². The van der Waals surface area contributed by atoms with Crippen molar-refractivity contribution in [2.45, 2.75) is 18.0 Å². The van der Waals surface area contributed by atoms with E-state index in [1.807, 2.05) is 42.5 Å². The first-order valence-electron chi connectivity index (χ1n) is 6.28. The standard InChI is InChI=1S/C15H16N4/c16-14-10-19-13-7-2-1-6-12(13)15(14,17)9-11-5-3-4-8-18-11/h1-8,10,14H,9,16-17H2. The van der Waals surface area contributed by atoms with Crippen molar-refractivity contribution in [1.29, 1.82) is 0 Å². The fourth-order valence-corrected chi connectivity index (χ4v) is 2.47. The Morgan fingerprint density at radius 1 is 1.11 bits per heavy atom. The molecule has 0 saturated carbocycles. The summed E-state index contributed by atoms with van der Waals surface area (Å²) in [5, 5.41) is 0. The second-order valence-electron chi connectivity index (χ2n) is 4.86. The van der Waals surface area contributed by atoms with E-state index in [9.17, 15) is 0 Å². The smallest absolute Gasteiger partial charge is 0.0691 e. The maximum absolute atomic E-state index is 6.59. The van der Waals surface area contributed by atoms with Gasteiger partial charge in [-0.25, -0.2) is 0 Å². The molecule has 0 radical (unpaired) electrons. The summed E-state index contributed by atoms with van der Waals surface area (Å²) in [7, 11) is 0. The van der Waals surface area contributed by atoms with Crippen molar-refractivity contribution in [3.63, 3.8) is 0 Å². The van der Waals surface area contributed by atoms with Gasteiger partial charge in [0.15, 0.2) is 0 Å². The van der Waals surface area contributed by atoms with Crippen molar-refractivity contribution in [3.05, 3.63) is 59.9 Å². The first kappa shape index (κ1) is 12.0. The number of rotatable bonds is 2. The summed E-state index contributed by atoms with van der Waals surface area (Å²) in [6.07, 6.45) is 4.09. The Balaban J connectivity index is 2.04. The Bertz CT molecular complexity index is 609. The Morgan fingerprint density at radius 3 is 2.68 bits per heavy atom. The molecule has 4 nitrogen and oxygen atoms in total. The van der Waals surface area contributed by atoms with Crippen LogP contribution in [-0.4, -0.2) is 17.2 Å². The Morgan fingerprint density at radius 2 is 1.89 bits per heavy atom. The van der Waals surface area contributed by atoms with Crippen LogP contribution in [0.4, 0.5) is 5.69 Å².